The van der Waals surface area contributed by atoms with Gasteiger partial charge in [-0.2, -0.15) is 0 Å². The van der Waals surface area contributed by atoms with Crippen LogP contribution in [0.2, 0.25) is 0 Å². The Morgan fingerprint density at radius 1 is 0.969 bits per heavy atom. The summed E-state index contributed by atoms with van der Waals surface area (Å²) in [5.74, 6) is 1.04. The van der Waals surface area contributed by atoms with E-state index < -0.39 is 0 Å². The van der Waals surface area contributed by atoms with E-state index in [1.807, 2.05) is 54.4 Å². The van der Waals surface area contributed by atoms with Crippen molar-refractivity contribution >= 4 is 22.8 Å². The van der Waals surface area contributed by atoms with Gasteiger partial charge in [-0.25, -0.2) is 4.98 Å². The lowest BCUT2D eigenvalue weighted by Crippen LogP contribution is -2.48. The number of amides is 2. The van der Waals surface area contributed by atoms with Crippen LogP contribution in [0.15, 0.2) is 42.5 Å². The highest BCUT2D eigenvalue weighted by Gasteiger charge is 2.23. The standard InChI is InChI=1S/C25H31N5O2/c1-5-18-6-8-19(9-7-18)25(32)30-14-12-29(13-15-30)17-23-26-21-16-20(24(31)27(2)3)10-11-22(21)28(23)4/h6-11,16H,5,12-15,17H2,1-4H3. The van der Waals surface area contributed by atoms with Crippen molar-refractivity contribution in [3.8, 4) is 0 Å². The minimum absolute atomic E-state index is 0.0239. The van der Waals surface area contributed by atoms with Gasteiger partial charge in [-0.05, 0) is 42.3 Å². The molecule has 2 aromatic carbocycles. The number of aromatic nitrogens is 2. The van der Waals surface area contributed by atoms with Crippen molar-refractivity contribution in [3.63, 3.8) is 0 Å². The highest BCUT2D eigenvalue weighted by Crippen LogP contribution is 2.19. The van der Waals surface area contributed by atoms with Crippen LogP contribution in [0.25, 0.3) is 11.0 Å². The van der Waals surface area contributed by atoms with E-state index in [9.17, 15) is 9.59 Å². The summed E-state index contributed by atoms with van der Waals surface area (Å²) in [6.07, 6.45) is 0.975. The quantitative estimate of drug-likeness (QED) is 0.621. The van der Waals surface area contributed by atoms with Gasteiger partial charge in [-0.1, -0.05) is 19.1 Å². The normalized spacial score (nSPS) is 14.7. The molecule has 1 saturated heterocycles. The first-order chi connectivity index (χ1) is 15.4. The van der Waals surface area contributed by atoms with E-state index >= 15 is 0 Å². The second-order valence-electron chi connectivity index (χ2n) is 8.61. The lowest BCUT2D eigenvalue weighted by atomic mass is 10.1. The average molecular weight is 434 g/mol. The van der Waals surface area contributed by atoms with Crippen molar-refractivity contribution in [2.75, 3.05) is 40.3 Å². The third-order valence-electron chi connectivity index (χ3n) is 6.26. The van der Waals surface area contributed by atoms with Crippen LogP contribution in [-0.4, -0.2) is 76.3 Å². The van der Waals surface area contributed by atoms with E-state index in [2.05, 4.69) is 16.4 Å². The van der Waals surface area contributed by atoms with Crippen LogP contribution in [0.1, 0.15) is 39.0 Å². The van der Waals surface area contributed by atoms with Gasteiger partial charge in [0.2, 0.25) is 0 Å². The zero-order chi connectivity index (χ0) is 22.8. The molecule has 0 saturated carbocycles. The molecule has 2 amide bonds. The first-order valence-electron chi connectivity index (χ1n) is 11.1. The summed E-state index contributed by atoms with van der Waals surface area (Å²) < 4.78 is 2.09. The van der Waals surface area contributed by atoms with E-state index in [-0.39, 0.29) is 11.8 Å². The lowest BCUT2D eigenvalue weighted by Gasteiger charge is -2.34. The zero-order valence-corrected chi connectivity index (χ0v) is 19.3. The summed E-state index contributed by atoms with van der Waals surface area (Å²) >= 11 is 0. The van der Waals surface area contributed by atoms with Crippen LogP contribution in [0.3, 0.4) is 0 Å². The number of hydrogen-bond acceptors (Lipinski definition) is 4. The van der Waals surface area contributed by atoms with E-state index in [0.29, 0.717) is 18.7 Å². The molecule has 7 nitrogen and oxygen atoms in total. The maximum absolute atomic E-state index is 12.8. The van der Waals surface area contributed by atoms with Crippen molar-refractivity contribution in [1.29, 1.82) is 0 Å². The fourth-order valence-electron chi connectivity index (χ4n) is 4.16. The lowest BCUT2D eigenvalue weighted by molar-refractivity contribution is 0.0624. The topological polar surface area (TPSA) is 61.7 Å². The van der Waals surface area contributed by atoms with Gasteiger partial charge in [0.15, 0.2) is 0 Å². The van der Waals surface area contributed by atoms with Gasteiger partial charge >= 0.3 is 0 Å². The second-order valence-corrected chi connectivity index (χ2v) is 8.61. The Morgan fingerprint density at radius 3 is 2.25 bits per heavy atom. The molecule has 0 N–H and O–H groups in total. The molecule has 1 aliphatic rings. The third kappa shape index (κ3) is 4.39. The summed E-state index contributed by atoms with van der Waals surface area (Å²) in [6.45, 7) is 5.87. The Balaban J connectivity index is 1.40. The summed E-state index contributed by atoms with van der Waals surface area (Å²) in [5, 5.41) is 0. The average Bonchev–Trinajstić information content (AvgIpc) is 3.13. The van der Waals surface area contributed by atoms with Gasteiger partial charge in [0.25, 0.3) is 11.8 Å². The van der Waals surface area contributed by atoms with Crippen molar-refractivity contribution < 1.29 is 9.59 Å². The number of nitrogens with zero attached hydrogens (tertiary/aromatic N) is 5. The Kier molecular flexibility index (Phi) is 6.28. The predicted octanol–water partition coefficient (Wildman–Crippen LogP) is 2.80. The van der Waals surface area contributed by atoms with Gasteiger partial charge in [-0.3, -0.25) is 14.5 Å². The Bertz CT molecular complexity index is 1130. The first-order valence-corrected chi connectivity index (χ1v) is 11.1. The molecule has 1 aliphatic heterocycles. The molecule has 1 aromatic heterocycles. The Hall–Kier alpha value is -3.19. The van der Waals surface area contributed by atoms with Gasteiger partial charge in [0, 0.05) is 58.4 Å². The van der Waals surface area contributed by atoms with E-state index in [1.54, 1.807) is 19.0 Å². The number of carbonyl (C=O) groups is 2. The molecule has 2 heterocycles. The first kappa shape index (κ1) is 22.0. The number of aryl methyl sites for hydroxylation is 2. The van der Waals surface area contributed by atoms with Crippen molar-refractivity contribution in [2.24, 2.45) is 7.05 Å². The number of rotatable bonds is 5. The molecular formula is C25H31N5O2. The molecule has 7 heteroatoms. The smallest absolute Gasteiger partial charge is 0.253 e. The molecule has 0 spiro atoms. The van der Waals surface area contributed by atoms with Gasteiger partial charge in [0.1, 0.15) is 5.82 Å². The van der Waals surface area contributed by atoms with Crippen LogP contribution in [-0.2, 0) is 20.0 Å². The Labute approximate surface area is 189 Å². The van der Waals surface area contributed by atoms with Crippen molar-refractivity contribution in [3.05, 3.63) is 65.0 Å². The van der Waals surface area contributed by atoms with Crippen LogP contribution in [0, 0.1) is 0 Å². The van der Waals surface area contributed by atoms with Gasteiger partial charge in [-0.15, -0.1) is 0 Å². The van der Waals surface area contributed by atoms with Crippen molar-refractivity contribution in [2.45, 2.75) is 19.9 Å². The fraction of sp³-hybridized carbons (Fsp3) is 0.400. The summed E-state index contributed by atoms with van der Waals surface area (Å²) in [4.78, 5) is 35.7. The highest BCUT2D eigenvalue weighted by atomic mass is 16.2. The van der Waals surface area contributed by atoms with Crippen LogP contribution < -0.4 is 0 Å². The molecule has 168 valence electrons. The maximum atomic E-state index is 12.8. The molecule has 0 atom stereocenters. The largest absolute Gasteiger partial charge is 0.345 e. The zero-order valence-electron chi connectivity index (χ0n) is 19.3. The van der Waals surface area contributed by atoms with Crippen molar-refractivity contribution in [1.82, 2.24) is 24.3 Å². The molecule has 4 rings (SSSR count). The Morgan fingerprint density at radius 2 is 1.62 bits per heavy atom. The molecule has 0 aliphatic carbocycles. The molecule has 0 radical (unpaired) electrons. The molecule has 3 aromatic rings. The third-order valence-corrected chi connectivity index (χ3v) is 6.26. The monoisotopic (exact) mass is 433 g/mol. The minimum Gasteiger partial charge on any atom is -0.345 e. The predicted molar refractivity (Wildman–Crippen MR) is 126 cm³/mol. The number of hydrogen-bond donors (Lipinski definition) is 0. The minimum atomic E-state index is -0.0239. The number of fused-ring (bicyclic) bond motifs is 1. The molecule has 1 fully saturated rings. The van der Waals surface area contributed by atoms with Gasteiger partial charge in [0.05, 0.1) is 17.6 Å². The van der Waals surface area contributed by atoms with E-state index in [4.69, 9.17) is 4.98 Å². The van der Waals surface area contributed by atoms with Crippen LogP contribution >= 0.6 is 0 Å². The number of carbonyl (C=O) groups excluding carboxylic acids is 2. The summed E-state index contributed by atoms with van der Waals surface area (Å²) in [7, 11) is 5.51. The molecule has 0 unspecified atom stereocenters. The summed E-state index contributed by atoms with van der Waals surface area (Å²) in [5.41, 5.74) is 4.49. The molecule has 0 bridgehead atoms. The second kappa shape index (κ2) is 9.12. The maximum Gasteiger partial charge on any atom is 0.253 e. The highest BCUT2D eigenvalue weighted by molar-refractivity contribution is 5.97. The molecule has 32 heavy (non-hydrogen) atoms. The molecular weight excluding hydrogens is 402 g/mol. The fourth-order valence-corrected chi connectivity index (χ4v) is 4.16. The number of piperazine rings is 1. The van der Waals surface area contributed by atoms with E-state index in [1.165, 1.54) is 5.56 Å². The van der Waals surface area contributed by atoms with Crippen LogP contribution in [0.5, 0.6) is 0 Å². The summed E-state index contributed by atoms with van der Waals surface area (Å²) in [6, 6.07) is 13.6. The number of imidazole rings is 1. The SMILES string of the molecule is CCc1ccc(C(=O)N2CCN(Cc3nc4cc(C(=O)N(C)C)ccc4n3C)CC2)cc1. The number of benzene rings is 2. The van der Waals surface area contributed by atoms with Gasteiger partial charge < -0.3 is 14.4 Å². The van der Waals surface area contributed by atoms with E-state index in [0.717, 1.165) is 48.5 Å². The van der Waals surface area contributed by atoms with Crippen LogP contribution in [0.4, 0.5) is 0 Å².